The van der Waals surface area contributed by atoms with Crippen LogP contribution in [0.15, 0.2) is 24.3 Å². The summed E-state index contributed by atoms with van der Waals surface area (Å²) in [6.07, 6.45) is -2.36. The topological polar surface area (TPSA) is 70.2 Å². The van der Waals surface area contributed by atoms with Gasteiger partial charge >= 0.3 is 12.2 Å². The minimum atomic E-state index is -4.48. The molecule has 1 aromatic rings. The van der Waals surface area contributed by atoms with Gasteiger partial charge in [0, 0.05) is 12.2 Å². The number of benzene rings is 1. The molecule has 3 amide bonds. The molecule has 1 heterocycles. The molecule has 120 valence electrons. The maximum absolute atomic E-state index is 12.6. The van der Waals surface area contributed by atoms with Crippen molar-refractivity contribution in [3.8, 4) is 0 Å². The second kappa shape index (κ2) is 6.67. The number of amides is 3. The van der Waals surface area contributed by atoms with Crippen LogP contribution in [0.4, 0.5) is 23.7 Å². The molecule has 1 fully saturated rings. The molecule has 0 spiro atoms. The lowest BCUT2D eigenvalue weighted by Gasteiger charge is -2.16. The largest absolute Gasteiger partial charge is 0.416 e. The van der Waals surface area contributed by atoms with Gasteiger partial charge in [-0.1, -0.05) is 6.07 Å². The highest BCUT2D eigenvalue weighted by atomic mass is 19.4. The monoisotopic (exact) mass is 315 g/mol. The number of nitrogens with one attached hydrogen (secondary N) is 3. The fraction of sp³-hybridized carbons (Fsp3) is 0.429. The normalized spacial score (nSPS) is 19.0. The maximum atomic E-state index is 12.6. The van der Waals surface area contributed by atoms with E-state index in [2.05, 4.69) is 16.0 Å². The summed E-state index contributed by atoms with van der Waals surface area (Å²) in [4.78, 5) is 23.5. The molecule has 0 aromatic heterocycles. The van der Waals surface area contributed by atoms with Gasteiger partial charge in [-0.2, -0.15) is 13.2 Å². The molecule has 1 aromatic carbocycles. The first-order chi connectivity index (χ1) is 10.4. The van der Waals surface area contributed by atoms with Crippen molar-refractivity contribution in [1.82, 2.24) is 10.6 Å². The number of alkyl halides is 3. The highest BCUT2D eigenvalue weighted by Crippen LogP contribution is 2.30. The maximum Gasteiger partial charge on any atom is 0.416 e. The lowest BCUT2D eigenvalue weighted by atomic mass is 10.1. The standard InChI is InChI=1S/C14H16F3N3O2/c15-14(16,17)9-4-3-5-10(8-9)19-13(22)20-11-6-1-2-7-18-12(11)21/h3-5,8,11H,1-2,6-7H2,(H,18,21)(H2,19,20,22). The Bertz CT molecular complexity index is 561. The van der Waals surface area contributed by atoms with Crippen molar-refractivity contribution in [2.45, 2.75) is 31.5 Å². The van der Waals surface area contributed by atoms with Crippen molar-refractivity contribution in [2.24, 2.45) is 0 Å². The molecule has 1 unspecified atom stereocenters. The molecule has 8 heteroatoms. The molecule has 5 nitrogen and oxygen atoms in total. The third-order valence-electron chi connectivity index (χ3n) is 3.29. The second-order valence-corrected chi connectivity index (χ2v) is 5.02. The number of carbonyl (C=O) groups excluding carboxylic acids is 2. The zero-order chi connectivity index (χ0) is 16.2. The van der Waals surface area contributed by atoms with E-state index in [1.54, 1.807) is 0 Å². The SMILES string of the molecule is O=C(Nc1cccc(C(F)(F)F)c1)NC1CCCCNC1=O. The highest BCUT2D eigenvalue weighted by molar-refractivity contribution is 5.93. The van der Waals surface area contributed by atoms with Crippen LogP contribution in [0.25, 0.3) is 0 Å². The van der Waals surface area contributed by atoms with Crippen LogP contribution in [0, 0.1) is 0 Å². The highest BCUT2D eigenvalue weighted by Gasteiger charge is 2.30. The Kier molecular flexibility index (Phi) is 4.89. The van der Waals surface area contributed by atoms with Crippen LogP contribution in [0.5, 0.6) is 0 Å². The van der Waals surface area contributed by atoms with Gasteiger partial charge in [0.05, 0.1) is 5.56 Å². The lowest BCUT2D eigenvalue weighted by Crippen LogP contribution is -2.47. The molecule has 22 heavy (non-hydrogen) atoms. The zero-order valence-corrected chi connectivity index (χ0v) is 11.7. The van der Waals surface area contributed by atoms with E-state index in [1.165, 1.54) is 12.1 Å². The molecule has 0 saturated carbocycles. The Morgan fingerprint density at radius 3 is 2.77 bits per heavy atom. The van der Waals surface area contributed by atoms with Crippen molar-refractivity contribution < 1.29 is 22.8 Å². The molecular weight excluding hydrogens is 299 g/mol. The van der Waals surface area contributed by atoms with E-state index in [0.717, 1.165) is 25.0 Å². The second-order valence-electron chi connectivity index (χ2n) is 5.02. The van der Waals surface area contributed by atoms with Crippen LogP contribution in [0.3, 0.4) is 0 Å². The van der Waals surface area contributed by atoms with Crippen LogP contribution in [-0.2, 0) is 11.0 Å². The summed E-state index contributed by atoms with van der Waals surface area (Å²) < 4.78 is 37.8. The first-order valence-corrected chi connectivity index (χ1v) is 6.89. The van der Waals surface area contributed by atoms with E-state index in [0.29, 0.717) is 13.0 Å². The fourth-order valence-corrected chi connectivity index (χ4v) is 2.18. The zero-order valence-electron chi connectivity index (χ0n) is 11.7. The van der Waals surface area contributed by atoms with Gasteiger partial charge in [-0.3, -0.25) is 4.79 Å². The fourth-order valence-electron chi connectivity index (χ4n) is 2.18. The van der Waals surface area contributed by atoms with Crippen molar-refractivity contribution in [3.05, 3.63) is 29.8 Å². The number of hydrogen-bond acceptors (Lipinski definition) is 2. The Morgan fingerprint density at radius 1 is 1.27 bits per heavy atom. The number of urea groups is 1. The summed E-state index contributed by atoms with van der Waals surface area (Å²) in [5.74, 6) is -0.281. The van der Waals surface area contributed by atoms with Gasteiger partial charge in [0.25, 0.3) is 0 Å². The molecule has 1 atom stereocenters. The quantitative estimate of drug-likeness (QED) is 0.785. The van der Waals surface area contributed by atoms with Gasteiger partial charge in [-0.25, -0.2) is 4.79 Å². The first kappa shape index (κ1) is 16.1. The first-order valence-electron chi connectivity index (χ1n) is 6.89. The molecule has 2 rings (SSSR count). The Labute approximate surface area is 125 Å². The summed E-state index contributed by atoms with van der Waals surface area (Å²) in [6, 6.07) is 2.93. The number of anilines is 1. The van der Waals surface area contributed by atoms with E-state index >= 15 is 0 Å². The van der Waals surface area contributed by atoms with E-state index in [-0.39, 0.29) is 11.6 Å². The molecule has 1 saturated heterocycles. The average Bonchev–Trinajstić information content (AvgIpc) is 2.63. The minimum Gasteiger partial charge on any atom is -0.354 e. The average molecular weight is 315 g/mol. The van der Waals surface area contributed by atoms with Crippen LogP contribution in [-0.4, -0.2) is 24.5 Å². The third kappa shape index (κ3) is 4.37. The smallest absolute Gasteiger partial charge is 0.354 e. The van der Waals surface area contributed by atoms with Gasteiger partial charge in [0.1, 0.15) is 6.04 Å². The van der Waals surface area contributed by atoms with Crippen molar-refractivity contribution in [1.29, 1.82) is 0 Å². The molecule has 0 aliphatic carbocycles. The number of rotatable bonds is 2. The van der Waals surface area contributed by atoms with Crippen LogP contribution >= 0.6 is 0 Å². The predicted molar refractivity (Wildman–Crippen MR) is 74.2 cm³/mol. The molecule has 0 radical (unpaired) electrons. The minimum absolute atomic E-state index is 0.0151. The summed E-state index contributed by atoms with van der Waals surface area (Å²) in [6.45, 7) is 0.562. The Balaban J connectivity index is 1.98. The van der Waals surface area contributed by atoms with E-state index in [9.17, 15) is 22.8 Å². The summed E-state index contributed by atoms with van der Waals surface area (Å²) in [7, 11) is 0. The number of halogens is 3. The van der Waals surface area contributed by atoms with E-state index in [4.69, 9.17) is 0 Å². The summed E-state index contributed by atoms with van der Waals surface area (Å²) in [5.41, 5.74) is -0.834. The Morgan fingerprint density at radius 2 is 2.05 bits per heavy atom. The van der Waals surface area contributed by atoms with Crippen LogP contribution < -0.4 is 16.0 Å². The number of carbonyl (C=O) groups is 2. The van der Waals surface area contributed by atoms with Crippen molar-refractivity contribution in [3.63, 3.8) is 0 Å². The number of hydrogen-bond donors (Lipinski definition) is 3. The summed E-state index contributed by atoms with van der Waals surface area (Å²) in [5, 5.41) is 7.45. The van der Waals surface area contributed by atoms with Crippen LogP contribution in [0.1, 0.15) is 24.8 Å². The lowest BCUT2D eigenvalue weighted by molar-refractivity contribution is -0.137. The molecular formula is C14H16F3N3O2. The molecule has 0 bridgehead atoms. The van der Waals surface area contributed by atoms with Gasteiger partial charge < -0.3 is 16.0 Å². The van der Waals surface area contributed by atoms with Gasteiger partial charge in [0.15, 0.2) is 0 Å². The Hall–Kier alpha value is -2.25. The van der Waals surface area contributed by atoms with Gasteiger partial charge in [-0.05, 0) is 37.5 Å². The van der Waals surface area contributed by atoms with Gasteiger partial charge in [-0.15, -0.1) is 0 Å². The summed E-state index contributed by atoms with van der Waals surface area (Å²) >= 11 is 0. The van der Waals surface area contributed by atoms with Gasteiger partial charge in [0.2, 0.25) is 5.91 Å². The molecule has 1 aliphatic rings. The predicted octanol–water partition coefficient (Wildman–Crippen LogP) is 2.50. The third-order valence-corrected chi connectivity index (χ3v) is 3.29. The molecule has 1 aliphatic heterocycles. The van der Waals surface area contributed by atoms with Crippen LogP contribution in [0.2, 0.25) is 0 Å². The van der Waals surface area contributed by atoms with E-state index in [1.807, 2.05) is 0 Å². The van der Waals surface area contributed by atoms with Crippen molar-refractivity contribution >= 4 is 17.6 Å². The van der Waals surface area contributed by atoms with Crippen molar-refractivity contribution in [2.75, 3.05) is 11.9 Å². The van der Waals surface area contributed by atoms with E-state index < -0.39 is 23.8 Å². The molecule has 3 N–H and O–H groups in total.